The van der Waals surface area contributed by atoms with Gasteiger partial charge in [-0.2, -0.15) is 0 Å². The standard InChI is InChI=1S/C31H54O5/c1-4-7-10-13-16-19-22-26-25-28(36-31(33)34)29(32)30(35-24-21-18-15-12-9-6-3)27(26)23-20-17-14-11-8-5-2/h25,32H,4-24H2,1-3H3,(H,33,34). The van der Waals surface area contributed by atoms with Crippen molar-refractivity contribution in [2.75, 3.05) is 6.61 Å². The summed E-state index contributed by atoms with van der Waals surface area (Å²) >= 11 is 0. The van der Waals surface area contributed by atoms with Gasteiger partial charge in [-0.25, -0.2) is 4.79 Å². The molecule has 1 rings (SSSR count). The second-order valence-electron chi connectivity index (χ2n) is 10.2. The normalized spacial score (nSPS) is 11.1. The zero-order valence-corrected chi connectivity index (χ0v) is 23.5. The van der Waals surface area contributed by atoms with Gasteiger partial charge in [0.25, 0.3) is 0 Å². The highest BCUT2D eigenvalue weighted by atomic mass is 16.7. The van der Waals surface area contributed by atoms with Crippen molar-refractivity contribution in [3.8, 4) is 17.2 Å². The molecule has 0 aliphatic rings. The molecule has 0 atom stereocenters. The van der Waals surface area contributed by atoms with Gasteiger partial charge in [0.1, 0.15) is 0 Å². The van der Waals surface area contributed by atoms with Crippen LogP contribution in [0.2, 0.25) is 0 Å². The van der Waals surface area contributed by atoms with Crippen LogP contribution < -0.4 is 9.47 Å². The molecule has 208 valence electrons. The van der Waals surface area contributed by atoms with Gasteiger partial charge in [-0.05, 0) is 43.7 Å². The van der Waals surface area contributed by atoms with Crippen LogP contribution in [0.3, 0.4) is 0 Å². The Kier molecular flexibility index (Phi) is 18.9. The summed E-state index contributed by atoms with van der Waals surface area (Å²) in [5.41, 5.74) is 2.10. The van der Waals surface area contributed by atoms with Crippen molar-refractivity contribution >= 4 is 6.16 Å². The predicted molar refractivity (Wildman–Crippen MR) is 150 cm³/mol. The van der Waals surface area contributed by atoms with E-state index in [-0.39, 0.29) is 11.5 Å². The summed E-state index contributed by atoms with van der Waals surface area (Å²) in [7, 11) is 0. The lowest BCUT2D eigenvalue weighted by Crippen LogP contribution is -2.08. The lowest BCUT2D eigenvalue weighted by atomic mass is 9.94. The van der Waals surface area contributed by atoms with E-state index in [2.05, 4.69) is 20.8 Å². The molecular weight excluding hydrogens is 452 g/mol. The van der Waals surface area contributed by atoms with E-state index >= 15 is 0 Å². The quantitative estimate of drug-likeness (QED) is 0.0877. The molecule has 0 amide bonds. The number of unbranched alkanes of at least 4 members (excludes halogenated alkanes) is 15. The Balaban J connectivity index is 2.98. The number of hydrogen-bond donors (Lipinski definition) is 2. The first-order valence-electron chi connectivity index (χ1n) is 15.0. The van der Waals surface area contributed by atoms with Crippen molar-refractivity contribution in [1.29, 1.82) is 0 Å². The number of phenols is 1. The molecule has 5 heteroatoms. The zero-order valence-electron chi connectivity index (χ0n) is 23.5. The molecule has 0 unspecified atom stereocenters. The first kappa shape index (κ1) is 32.1. The molecule has 0 spiro atoms. The maximum atomic E-state index is 11.3. The van der Waals surface area contributed by atoms with E-state index in [4.69, 9.17) is 9.47 Å². The third kappa shape index (κ3) is 14.0. The van der Waals surface area contributed by atoms with Crippen LogP contribution in [-0.4, -0.2) is 23.0 Å². The molecule has 36 heavy (non-hydrogen) atoms. The number of ether oxygens (including phenoxy) is 2. The molecule has 0 bridgehead atoms. The number of hydrogen-bond acceptors (Lipinski definition) is 4. The number of aromatic hydroxyl groups is 1. The molecule has 0 saturated carbocycles. The van der Waals surface area contributed by atoms with Gasteiger partial charge in [0, 0.05) is 5.56 Å². The predicted octanol–water partition coefficient (Wildman–Crippen LogP) is 9.99. The summed E-state index contributed by atoms with van der Waals surface area (Å²) < 4.78 is 11.1. The second kappa shape index (κ2) is 21.2. The SMILES string of the molecule is CCCCCCCCOc1c(O)c(OC(=O)O)cc(CCCCCCCC)c1CCCCCCCC. The minimum Gasteiger partial charge on any atom is -0.502 e. The lowest BCUT2D eigenvalue weighted by Gasteiger charge is -2.19. The lowest BCUT2D eigenvalue weighted by molar-refractivity contribution is 0.142. The number of carboxylic acid groups (broad SMARTS) is 1. The highest BCUT2D eigenvalue weighted by molar-refractivity contribution is 5.67. The molecule has 0 heterocycles. The Labute approximate surface area is 221 Å². The molecular formula is C31H54O5. The third-order valence-corrected chi connectivity index (χ3v) is 6.94. The summed E-state index contributed by atoms with van der Waals surface area (Å²) in [6, 6.07) is 1.74. The summed E-state index contributed by atoms with van der Waals surface area (Å²) in [5, 5.41) is 20.2. The van der Waals surface area contributed by atoms with Crippen LogP contribution in [0.4, 0.5) is 4.79 Å². The average molecular weight is 507 g/mol. The number of aryl methyl sites for hydroxylation is 1. The van der Waals surface area contributed by atoms with Crippen LogP contribution in [0.1, 0.15) is 147 Å². The Morgan fingerprint density at radius 2 is 1.17 bits per heavy atom. The van der Waals surface area contributed by atoms with Gasteiger partial charge in [-0.15, -0.1) is 0 Å². The molecule has 0 radical (unpaired) electrons. The fourth-order valence-corrected chi connectivity index (χ4v) is 4.77. The Hall–Kier alpha value is -1.91. The molecule has 1 aromatic rings. The molecule has 0 fully saturated rings. The molecule has 0 saturated heterocycles. The Morgan fingerprint density at radius 1 is 0.694 bits per heavy atom. The third-order valence-electron chi connectivity index (χ3n) is 6.94. The highest BCUT2D eigenvalue weighted by Gasteiger charge is 2.21. The average Bonchev–Trinajstić information content (AvgIpc) is 2.85. The van der Waals surface area contributed by atoms with E-state index in [0.29, 0.717) is 12.4 Å². The largest absolute Gasteiger partial charge is 0.511 e. The highest BCUT2D eigenvalue weighted by Crippen LogP contribution is 2.43. The maximum absolute atomic E-state index is 11.3. The summed E-state index contributed by atoms with van der Waals surface area (Å²) in [5.74, 6) is 0.265. The summed E-state index contributed by atoms with van der Waals surface area (Å²) in [6.45, 7) is 7.19. The van der Waals surface area contributed by atoms with E-state index < -0.39 is 6.16 Å². The van der Waals surface area contributed by atoms with Crippen LogP contribution in [0.15, 0.2) is 6.07 Å². The van der Waals surface area contributed by atoms with Crippen molar-refractivity contribution in [2.45, 2.75) is 149 Å². The summed E-state index contributed by atoms with van der Waals surface area (Å²) in [4.78, 5) is 11.3. The van der Waals surface area contributed by atoms with E-state index in [1.54, 1.807) is 6.07 Å². The van der Waals surface area contributed by atoms with Crippen molar-refractivity contribution in [3.05, 3.63) is 17.2 Å². The van der Waals surface area contributed by atoms with Crippen LogP contribution in [0, 0.1) is 0 Å². The van der Waals surface area contributed by atoms with E-state index in [0.717, 1.165) is 62.5 Å². The van der Waals surface area contributed by atoms with Crippen molar-refractivity contribution in [2.24, 2.45) is 0 Å². The zero-order chi connectivity index (χ0) is 26.4. The molecule has 0 aliphatic carbocycles. The van der Waals surface area contributed by atoms with Crippen LogP contribution in [0.25, 0.3) is 0 Å². The fourth-order valence-electron chi connectivity index (χ4n) is 4.77. The number of phenolic OH excluding ortho intramolecular Hbond substituents is 1. The molecule has 1 aromatic carbocycles. The molecule has 5 nitrogen and oxygen atoms in total. The number of carbonyl (C=O) groups is 1. The van der Waals surface area contributed by atoms with E-state index in [9.17, 15) is 15.0 Å². The van der Waals surface area contributed by atoms with Crippen LogP contribution in [0.5, 0.6) is 17.2 Å². The number of benzene rings is 1. The maximum Gasteiger partial charge on any atom is 0.511 e. The summed E-state index contributed by atoms with van der Waals surface area (Å²) in [6.07, 6.45) is 21.6. The topological polar surface area (TPSA) is 76.0 Å². The van der Waals surface area contributed by atoms with E-state index in [1.165, 1.54) is 77.0 Å². The van der Waals surface area contributed by atoms with Gasteiger partial charge in [0.05, 0.1) is 6.61 Å². The van der Waals surface area contributed by atoms with Crippen molar-refractivity contribution < 1.29 is 24.5 Å². The van der Waals surface area contributed by atoms with E-state index in [1.807, 2.05) is 0 Å². The van der Waals surface area contributed by atoms with Crippen LogP contribution in [-0.2, 0) is 12.8 Å². The number of rotatable bonds is 23. The Bertz CT molecular complexity index is 701. The molecule has 0 aliphatic heterocycles. The minimum atomic E-state index is -1.42. The van der Waals surface area contributed by atoms with Gasteiger partial charge in [-0.3, -0.25) is 0 Å². The van der Waals surface area contributed by atoms with Crippen LogP contribution >= 0.6 is 0 Å². The van der Waals surface area contributed by atoms with Gasteiger partial charge in [0.15, 0.2) is 11.5 Å². The molecule has 0 aromatic heterocycles. The van der Waals surface area contributed by atoms with Gasteiger partial charge < -0.3 is 19.7 Å². The molecule has 2 N–H and O–H groups in total. The first-order chi connectivity index (χ1) is 17.5. The Morgan fingerprint density at radius 3 is 1.69 bits per heavy atom. The monoisotopic (exact) mass is 506 g/mol. The van der Waals surface area contributed by atoms with Gasteiger partial charge in [0.2, 0.25) is 5.75 Å². The van der Waals surface area contributed by atoms with Gasteiger partial charge in [-0.1, -0.05) is 117 Å². The van der Waals surface area contributed by atoms with Gasteiger partial charge >= 0.3 is 6.16 Å². The second-order valence-corrected chi connectivity index (χ2v) is 10.2. The minimum absolute atomic E-state index is 0.00637. The fraction of sp³-hybridized carbons (Fsp3) is 0.774. The first-order valence-corrected chi connectivity index (χ1v) is 15.0. The van der Waals surface area contributed by atoms with Crippen molar-refractivity contribution in [1.82, 2.24) is 0 Å². The smallest absolute Gasteiger partial charge is 0.502 e. The van der Waals surface area contributed by atoms with Crippen molar-refractivity contribution in [3.63, 3.8) is 0 Å².